The highest BCUT2D eigenvalue weighted by atomic mass is 127. The van der Waals surface area contributed by atoms with Gasteiger partial charge in [-0.2, -0.15) is 0 Å². The third-order valence-corrected chi connectivity index (χ3v) is 2.67. The molecule has 1 aromatic rings. The van der Waals surface area contributed by atoms with Gasteiger partial charge in [-0.1, -0.05) is 18.2 Å². The number of rotatable bonds is 1. The average Bonchev–Trinajstić information content (AvgIpc) is 1.91. The fourth-order valence-electron chi connectivity index (χ4n) is 0.569. The van der Waals surface area contributed by atoms with E-state index in [4.69, 9.17) is 0 Å². The second-order valence-electron chi connectivity index (χ2n) is 1.55. The molecule has 0 aliphatic rings. The van der Waals surface area contributed by atoms with E-state index in [1.807, 2.05) is 13.1 Å². The predicted molar refractivity (Wildman–Crippen MR) is 47.5 cm³/mol. The molecule has 9 heavy (non-hydrogen) atoms. The Labute approximate surface area is 65.3 Å². The van der Waals surface area contributed by atoms with E-state index in [1.54, 1.807) is 0 Å². The van der Waals surface area contributed by atoms with Gasteiger partial charge in [-0.25, -0.2) is 0 Å². The molecule has 1 nitrogen and oxygen atoms in total. The van der Waals surface area contributed by atoms with E-state index >= 15 is 0 Å². The summed E-state index contributed by atoms with van der Waals surface area (Å²) in [5, 5.41) is 0. The SMILES string of the molecule is C/N=I/c1ccccc1. The van der Waals surface area contributed by atoms with Crippen molar-refractivity contribution in [3.05, 3.63) is 33.9 Å². The molecule has 0 amide bonds. The van der Waals surface area contributed by atoms with Crippen molar-refractivity contribution in [2.75, 3.05) is 7.05 Å². The lowest BCUT2D eigenvalue weighted by Crippen LogP contribution is -1.63. The Balaban J connectivity index is 2.85. The van der Waals surface area contributed by atoms with Crippen LogP contribution in [-0.4, -0.2) is 7.05 Å². The third-order valence-electron chi connectivity index (χ3n) is 0.915. The maximum absolute atomic E-state index is 4.12. The molecule has 0 spiro atoms. The molecule has 2 heteroatoms. The van der Waals surface area contributed by atoms with Gasteiger partial charge in [0, 0.05) is 31.7 Å². The molecule has 0 N–H and O–H groups in total. The molecule has 1 rings (SSSR count). The number of benzene rings is 1. The van der Waals surface area contributed by atoms with Crippen molar-refractivity contribution in [3.8, 4) is 0 Å². The fraction of sp³-hybridized carbons (Fsp3) is 0.143. The monoisotopic (exact) mass is 233 g/mol. The van der Waals surface area contributed by atoms with Gasteiger partial charge < -0.3 is 0 Å². The van der Waals surface area contributed by atoms with Crippen LogP contribution in [0.1, 0.15) is 0 Å². The minimum Gasteiger partial charge on any atom is -0.261 e. The van der Waals surface area contributed by atoms with Crippen LogP contribution in [0.15, 0.2) is 33.5 Å². The zero-order valence-electron chi connectivity index (χ0n) is 5.21. The smallest absolute Gasteiger partial charge is 0.0336 e. The standard InChI is InChI=1S/C7H8IN/c1-9-8-7-5-3-2-4-6-7/h2-6H,1H3. The number of hydrogen-bond acceptors (Lipinski definition) is 1. The van der Waals surface area contributed by atoms with Crippen LogP contribution in [-0.2, 0) is 0 Å². The van der Waals surface area contributed by atoms with Crippen LogP contribution in [0.25, 0.3) is 0 Å². The largest absolute Gasteiger partial charge is 0.261 e. The molecule has 0 saturated heterocycles. The maximum Gasteiger partial charge on any atom is 0.0336 e. The van der Waals surface area contributed by atoms with Crippen molar-refractivity contribution in [1.82, 2.24) is 0 Å². The molecule has 0 saturated carbocycles. The lowest BCUT2D eigenvalue weighted by atomic mass is 10.4. The molecule has 0 heterocycles. The quantitative estimate of drug-likeness (QED) is 0.661. The van der Waals surface area contributed by atoms with E-state index in [9.17, 15) is 0 Å². The van der Waals surface area contributed by atoms with E-state index in [-0.39, 0.29) is 21.0 Å². The van der Waals surface area contributed by atoms with E-state index < -0.39 is 0 Å². The van der Waals surface area contributed by atoms with Crippen molar-refractivity contribution in [1.29, 1.82) is 0 Å². The minimum atomic E-state index is -0.0451. The molecular formula is C7H8IN. The summed E-state index contributed by atoms with van der Waals surface area (Å²) in [4.78, 5) is 0. The predicted octanol–water partition coefficient (Wildman–Crippen LogP) is 2.64. The lowest BCUT2D eigenvalue weighted by Gasteiger charge is -1.84. The summed E-state index contributed by atoms with van der Waals surface area (Å²) in [7, 11) is 1.88. The minimum absolute atomic E-state index is 0.0451. The Hall–Kier alpha value is -0.250. The average molecular weight is 233 g/mol. The highest BCUT2D eigenvalue weighted by Gasteiger charge is 1.80. The van der Waals surface area contributed by atoms with Gasteiger partial charge in [-0.15, -0.1) is 0 Å². The third kappa shape index (κ3) is 2.22. The molecule has 0 bridgehead atoms. The zero-order chi connectivity index (χ0) is 6.53. The molecule has 0 aliphatic carbocycles. The summed E-state index contributed by atoms with van der Waals surface area (Å²) in [6, 6.07) is 10.4. The molecule has 0 fully saturated rings. The van der Waals surface area contributed by atoms with Gasteiger partial charge in [0.05, 0.1) is 0 Å². The zero-order valence-corrected chi connectivity index (χ0v) is 7.37. The van der Waals surface area contributed by atoms with Crippen molar-refractivity contribution in [2.45, 2.75) is 0 Å². The Morgan fingerprint density at radius 2 is 1.89 bits per heavy atom. The van der Waals surface area contributed by atoms with Gasteiger partial charge in [-0.3, -0.25) is 3.15 Å². The molecule has 0 radical (unpaired) electrons. The van der Waals surface area contributed by atoms with E-state index in [0.29, 0.717) is 0 Å². The second-order valence-corrected chi connectivity index (χ2v) is 4.24. The Bertz CT molecular complexity index is 193. The first kappa shape index (κ1) is 6.86. The van der Waals surface area contributed by atoms with Gasteiger partial charge in [0.15, 0.2) is 0 Å². The van der Waals surface area contributed by atoms with Gasteiger partial charge in [0.1, 0.15) is 0 Å². The van der Waals surface area contributed by atoms with Crippen LogP contribution >= 0.6 is 21.0 Å². The molecule has 1 aromatic carbocycles. The molecule has 0 aliphatic heterocycles. The summed E-state index contributed by atoms with van der Waals surface area (Å²) < 4.78 is 5.50. The van der Waals surface area contributed by atoms with Gasteiger partial charge in [-0.05, 0) is 12.1 Å². The first-order valence-electron chi connectivity index (χ1n) is 2.72. The number of nitrogens with zero attached hydrogens (tertiary/aromatic N) is 1. The Morgan fingerprint density at radius 1 is 1.22 bits per heavy atom. The van der Waals surface area contributed by atoms with Crippen LogP contribution in [0.4, 0.5) is 0 Å². The highest BCUT2D eigenvalue weighted by molar-refractivity contribution is 14.2. The summed E-state index contributed by atoms with van der Waals surface area (Å²) in [6.07, 6.45) is 0. The van der Waals surface area contributed by atoms with Crippen molar-refractivity contribution in [3.63, 3.8) is 0 Å². The number of hydrogen-bond donors (Lipinski definition) is 0. The molecule has 0 unspecified atom stereocenters. The first-order chi connectivity index (χ1) is 4.43. The van der Waals surface area contributed by atoms with Gasteiger partial charge in [0.2, 0.25) is 0 Å². The molecule has 48 valence electrons. The summed E-state index contributed by atoms with van der Waals surface area (Å²) in [6.45, 7) is 0. The Kier molecular flexibility index (Phi) is 2.83. The molecular weight excluding hydrogens is 225 g/mol. The van der Waals surface area contributed by atoms with Crippen LogP contribution in [0.5, 0.6) is 0 Å². The van der Waals surface area contributed by atoms with Crippen molar-refractivity contribution >= 4 is 21.0 Å². The van der Waals surface area contributed by atoms with Crippen LogP contribution < -0.4 is 0 Å². The van der Waals surface area contributed by atoms with Gasteiger partial charge in [0.25, 0.3) is 0 Å². The van der Waals surface area contributed by atoms with E-state index in [0.717, 1.165) is 0 Å². The van der Waals surface area contributed by atoms with Crippen LogP contribution in [0, 0.1) is 3.57 Å². The first-order valence-corrected chi connectivity index (χ1v) is 4.76. The summed E-state index contributed by atoms with van der Waals surface area (Å²) in [5.41, 5.74) is 0. The molecule has 0 aromatic heterocycles. The summed E-state index contributed by atoms with van der Waals surface area (Å²) in [5.74, 6) is 0. The normalized spacial score (nSPS) is 11.2. The summed E-state index contributed by atoms with van der Waals surface area (Å²) >= 11 is -0.0451. The van der Waals surface area contributed by atoms with Crippen molar-refractivity contribution < 1.29 is 0 Å². The van der Waals surface area contributed by atoms with Crippen molar-refractivity contribution in [2.24, 2.45) is 3.15 Å². The highest BCUT2D eigenvalue weighted by Crippen LogP contribution is 2.10. The van der Waals surface area contributed by atoms with E-state index in [1.165, 1.54) is 3.57 Å². The Morgan fingerprint density at radius 3 is 2.44 bits per heavy atom. The fourth-order valence-corrected chi connectivity index (χ4v) is 1.86. The molecule has 0 atom stereocenters. The lowest BCUT2D eigenvalue weighted by molar-refractivity contribution is 1.55. The second kappa shape index (κ2) is 3.71. The topological polar surface area (TPSA) is 12.4 Å². The van der Waals surface area contributed by atoms with E-state index in [2.05, 4.69) is 27.4 Å². The van der Waals surface area contributed by atoms with Crippen LogP contribution in [0.2, 0.25) is 0 Å². The number of halogens is 1. The van der Waals surface area contributed by atoms with Crippen LogP contribution in [0.3, 0.4) is 0 Å². The van der Waals surface area contributed by atoms with Gasteiger partial charge >= 0.3 is 0 Å². The maximum atomic E-state index is 4.12.